The van der Waals surface area contributed by atoms with Gasteiger partial charge in [-0.05, 0) is 37.3 Å². The number of hydrogen-bond acceptors (Lipinski definition) is 5. The van der Waals surface area contributed by atoms with Crippen LogP contribution in [0.3, 0.4) is 0 Å². The van der Waals surface area contributed by atoms with Crippen molar-refractivity contribution in [3.63, 3.8) is 0 Å². The maximum Gasteiger partial charge on any atom is 0.165 e. The summed E-state index contributed by atoms with van der Waals surface area (Å²) in [5, 5.41) is 3.26. The number of methoxy groups -OCH3 is 1. The van der Waals surface area contributed by atoms with E-state index in [1.807, 2.05) is 35.9 Å². The number of halogens is 1. The number of imidazole rings is 1. The molecule has 0 saturated carbocycles. The lowest BCUT2D eigenvalue weighted by Crippen LogP contribution is -2.00. The minimum atomic E-state index is -0.419. The van der Waals surface area contributed by atoms with E-state index in [4.69, 9.17) is 10.5 Å². The van der Waals surface area contributed by atoms with E-state index in [0.717, 1.165) is 16.9 Å². The number of rotatable bonds is 4. The second-order valence-electron chi connectivity index (χ2n) is 6.16. The van der Waals surface area contributed by atoms with Crippen LogP contribution in [0.5, 0.6) is 5.75 Å². The van der Waals surface area contributed by atoms with Crippen molar-refractivity contribution in [2.75, 3.05) is 18.2 Å². The molecule has 4 aromatic rings. The van der Waals surface area contributed by atoms with Gasteiger partial charge in [0.05, 0.1) is 12.8 Å². The summed E-state index contributed by atoms with van der Waals surface area (Å²) < 4.78 is 20.8. The number of anilines is 3. The smallest absolute Gasteiger partial charge is 0.165 e. The minimum Gasteiger partial charge on any atom is -0.494 e. The summed E-state index contributed by atoms with van der Waals surface area (Å²) >= 11 is 0. The molecule has 3 N–H and O–H groups in total. The van der Waals surface area contributed by atoms with Gasteiger partial charge in [0, 0.05) is 47.2 Å². The first-order valence-corrected chi connectivity index (χ1v) is 8.36. The highest BCUT2D eigenvalue weighted by Crippen LogP contribution is 2.27. The first kappa shape index (κ1) is 16.8. The van der Waals surface area contributed by atoms with Gasteiger partial charge in [0.1, 0.15) is 11.5 Å². The lowest BCUT2D eigenvalue weighted by Gasteiger charge is -2.10. The van der Waals surface area contributed by atoms with Gasteiger partial charge in [-0.1, -0.05) is 0 Å². The predicted octanol–water partition coefficient (Wildman–Crippen LogP) is 4.18. The molecule has 7 heteroatoms. The molecule has 0 aliphatic rings. The summed E-state index contributed by atoms with van der Waals surface area (Å²) in [7, 11) is 1.44. The lowest BCUT2D eigenvalue weighted by atomic mass is 10.1. The summed E-state index contributed by atoms with van der Waals surface area (Å²) in [4.78, 5) is 8.91. The number of nitrogens with two attached hydrogens (primary N) is 1. The first-order chi connectivity index (χ1) is 13.0. The van der Waals surface area contributed by atoms with Gasteiger partial charge in [-0.2, -0.15) is 0 Å². The number of benzene rings is 1. The number of ether oxygens (including phenoxy) is 1. The molecule has 27 heavy (non-hydrogen) atoms. The minimum absolute atomic E-state index is 0.207. The highest BCUT2D eigenvalue weighted by atomic mass is 19.1. The Morgan fingerprint density at radius 1 is 1.19 bits per heavy atom. The van der Waals surface area contributed by atoms with Crippen LogP contribution in [-0.4, -0.2) is 21.5 Å². The van der Waals surface area contributed by atoms with Crippen molar-refractivity contribution in [3.8, 4) is 17.0 Å². The van der Waals surface area contributed by atoms with Gasteiger partial charge in [0.2, 0.25) is 0 Å². The van der Waals surface area contributed by atoms with Gasteiger partial charge in [-0.25, -0.2) is 14.4 Å². The molecule has 4 rings (SSSR count). The molecule has 6 nitrogen and oxygen atoms in total. The predicted molar refractivity (Wildman–Crippen MR) is 104 cm³/mol. The van der Waals surface area contributed by atoms with E-state index in [2.05, 4.69) is 15.3 Å². The molecule has 0 aliphatic heterocycles. The molecule has 3 aromatic heterocycles. The monoisotopic (exact) mass is 363 g/mol. The van der Waals surface area contributed by atoms with E-state index in [1.54, 1.807) is 24.4 Å². The Balaban J connectivity index is 1.68. The molecule has 0 fully saturated rings. The van der Waals surface area contributed by atoms with Gasteiger partial charge in [-0.3, -0.25) is 0 Å². The second kappa shape index (κ2) is 6.60. The van der Waals surface area contributed by atoms with Crippen LogP contribution in [0.25, 0.3) is 16.9 Å². The largest absolute Gasteiger partial charge is 0.494 e. The van der Waals surface area contributed by atoms with E-state index >= 15 is 0 Å². The molecule has 0 unspecified atom stereocenters. The van der Waals surface area contributed by atoms with Gasteiger partial charge in [0.15, 0.2) is 11.6 Å². The molecule has 0 saturated heterocycles. The Morgan fingerprint density at radius 2 is 2.04 bits per heavy atom. The first-order valence-electron chi connectivity index (χ1n) is 8.36. The van der Waals surface area contributed by atoms with E-state index in [9.17, 15) is 4.39 Å². The molecule has 0 atom stereocenters. The van der Waals surface area contributed by atoms with Crippen LogP contribution in [0.2, 0.25) is 0 Å². The zero-order valence-corrected chi connectivity index (χ0v) is 14.9. The van der Waals surface area contributed by atoms with Crippen LogP contribution in [0, 0.1) is 12.7 Å². The van der Waals surface area contributed by atoms with Crippen molar-refractivity contribution in [1.29, 1.82) is 0 Å². The number of nitrogen functional groups attached to an aromatic ring is 1. The number of nitrogens with one attached hydrogen (secondary N) is 1. The molecular formula is C20H18FN5O. The van der Waals surface area contributed by atoms with Gasteiger partial charge < -0.3 is 20.2 Å². The van der Waals surface area contributed by atoms with Crippen molar-refractivity contribution in [1.82, 2.24) is 14.4 Å². The fraction of sp³-hybridized carbons (Fsp3) is 0.100. The fourth-order valence-corrected chi connectivity index (χ4v) is 2.84. The summed E-state index contributed by atoms with van der Waals surface area (Å²) in [6.07, 6.45) is 5.40. The molecule has 0 aliphatic carbocycles. The number of fused-ring (bicyclic) bond motifs is 1. The summed E-state index contributed by atoms with van der Waals surface area (Å²) in [6, 6.07) is 10.4. The molecule has 0 bridgehead atoms. The van der Waals surface area contributed by atoms with Crippen LogP contribution in [0.15, 0.2) is 55.0 Å². The Kier molecular flexibility index (Phi) is 4.12. The maximum atomic E-state index is 14.0. The number of aromatic nitrogens is 3. The van der Waals surface area contributed by atoms with Crippen LogP contribution >= 0.6 is 0 Å². The Morgan fingerprint density at radius 3 is 2.81 bits per heavy atom. The quantitative estimate of drug-likeness (QED) is 0.569. The summed E-state index contributed by atoms with van der Waals surface area (Å²) in [6.45, 7) is 1.91. The van der Waals surface area contributed by atoms with Crippen molar-refractivity contribution >= 4 is 22.8 Å². The van der Waals surface area contributed by atoms with Crippen molar-refractivity contribution < 1.29 is 9.13 Å². The lowest BCUT2D eigenvalue weighted by molar-refractivity contribution is 0.386. The average molecular weight is 363 g/mol. The average Bonchev–Trinajstić information content (AvgIpc) is 3.09. The number of hydrogen-bond donors (Lipinski definition) is 2. The van der Waals surface area contributed by atoms with Crippen molar-refractivity contribution in [2.24, 2.45) is 0 Å². The molecular weight excluding hydrogens is 345 g/mol. The third-order valence-electron chi connectivity index (χ3n) is 4.42. The van der Waals surface area contributed by atoms with Crippen LogP contribution < -0.4 is 15.8 Å². The topological polar surface area (TPSA) is 77.5 Å². The van der Waals surface area contributed by atoms with E-state index in [0.29, 0.717) is 22.8 Å². The summed E-state index contributed by atoms with van der Waals surface area (Å²) in [5.74, 6) is 0.486. The van der Waals surface area contributed by atoms with Gasteiger partial charge in [-0.15, -0.1) is 0 Å². The van der Waals surface area contributed by atoms with E-state index in [1.165, 1.54) is 13.2 Å². The van der Waals surface area contributed by atoms with Gasteiger partial charge >= 0.3 is 0 Å². The third-order valence-corrected chi connectivity index (χ3v) is 4.42. The molecule has 1 aromatic carbocycles. The zero-order chi connectivity index (χ0) is 19.0. The van der Waals surface area contributed by atoms with Crippen LogP contribution in [-0.2, 0) is 0 Å². The SMILES string of the molecule is COc1ccc(-c2cn3ccc(Nc4nccc(N)c4C)cc3n2)cc1F. The molecule has 0 radical (unpaired) electrons. The Labute approximate surface area is 155 Å². The normalized spacial score (nSPS) is 10.9. The number of pyridine rings is 2. The molecule has 0 amide bonds. The van der Waals surface area contributed by atoms with Crippen LogP contribution in [0.1, 0.15) is 5.56 Å². The van der Waals surface area contributed by atoms with Crippen molar-refractivity contribution in [2.45, 2.75) is 6.92 Å². The van der Waals surface area contributed by atoms with Crippen molar-refractivity contribution in [3.05, 3.63) is 66.4 Å². The fourth-order valence-electron chi connectivity index (χ4n) is 2.84. The Bertz CT molecular complexity index is 1140. The molecule has 0 spiro atoms. The second-order valence-corrected chi connectivity index (χ2v) is 6.16. The standard InChI is InChI=1S/C20H18FN5O/c1-12-16(22)5-7-23-20(12)24-14-6-8-26-11-17(25-19(26)10-14)13-3-4-18(27-2)15(21)9-13/h3-11H,1-2H3,(H3,22,23,24). The highest BCUT2D eigenvalue weighted by Gasteiger charge is 2.10. The molecule has 3 heterocycles. The Hall–Kier alpha value is -3.61. The highest BCUT2D eigenvalue weighted by molar-refractivity contribution is 5.69. The van der Waals surface area contributed by atoms with Crippen LogP contribution in [0.4, 0.5) is 21.6 Å². The summed E-state index contributed by atoms with van der Waals surface area (Å²) in [5.41, 5.74) is 10.4. The maximum absolute atomic E-state index is 14.0. The third kappa shape index (κ3) is 3.15. The number of nitrogens with zero attached hydrogens (tertiary/aromatic N) is 3. The zero-order valence-electron chi connectivity index (χ0n) is 14.9. The van der Waals surface area contributed by atoms with E-state index in [-0.39, 0.29) is 5.75 Å². The van der Waals surface area contributed by atoms with Gasteiger partial charge in [0.25, 0.3) is 0 Å². The molecule has 136 valence electrons. The van der Waals surface area contributed by atoms with E-state index < -0.39 is 5.82 Å².